The second-order valence-electron chi connectivity index (χ2n) is 1.83. The van der Waals surface area contributed by atoms with Crippen molar-refractivity contribution in [1.29, 1.82) is 0 Å². The molecule has 0 bridgehead atoms. The number of nitrogens with zero attached hydrogens (tertiary/aromatic N) is 1. The predicted molar refractivity (Wildman–Crippen MR) is 47.7 cm³/mol. The summed E-state index contributed by atoms with van der Waals surface area (Å²) < 4.78 is 0. The van der Waals surface area contributed by atoms with Crippen LogP contribution in [-0.4, -0.2) is 0 Å². The normalized spacial score (nSPS) is 9.27. The monoisotopic (exact) mass is 205 g/mol. The van der Waals surface area contributed by atoms with Crippen molar-refractivity contribution >= 4 is 40.5 Å². The Bertz CT molecular complexity index is 304. The lowest BCUT2D eigenvalue weighted by atomic mass is 10.3. The summed E-state index contributed by atoms with van der Waals surface area (Å²) in [7, 11) is 0. The molecule has 0 aliphatic carbocycles. The molecule has 0 aromatic heterocycles. The molecule has 0 heterocycles. The first-order chi connectivity index (χ1) is 5.15. The van der Waals surface area contributed by atoms with E-state index in [1.165, 1.54) is 12.1 Å². The highest BCUT2D eigenvalue weighted by atomic mass is 35.5. The van der Waals surface area contributed by atoms with Crippen LogP contribution in [-0.2, 0) is 0 Å². The molecule has 0 atom stereocenters. The molecule has 0 fully saturated rings. The Morgan fingerprint density at radius 2 is 1.55 bits per heavy atom. The first-order valence-corrected chi connectivity index (χ1v) is 3.80. The van der Waals surface area contributed by atoms with Gasteiger partial charge in [-0.25, -0.2) is 4.85 Å². The van der Waals surface area contributed by atoms with E-state index >= 15 is 0 Å². The lowest BCUT2D eigenvalue weighted by Crippen LogP contribution is -1.69. The molecule has 1 aromatic rings. The first kappa shape index (κ1) is 8.67. The molecule has 1 rings (SSSR count). The van der Waals surface area contributed by atoms with Gasteiger partial charge in [0.25, 0.3) is 0 Å². The number of benzene rings is 1. The zero-order valence-corrected chi connectivity index (χ0v) is 7.50. The van der Waals surface area contributed by atoms with Crippen LogP contribution in [0.15, 0.2) is 12.1 Å². The largest absolute Gasteiger partial charge is 0.235 e. The highest BCUT2D eigenvalue weighted by Crippen LogP contribution is 2.35. The van der Waals surface area contributed by atoms with Gasteiger partial charge in [-0.3, -0.25) is 0 Å². The van der Waals surface area contributed by atoms with Gasteiger partial charge >= 0.3 is 0 Å². The van der Waals surface area contributed by atoms with Gasteiger partial charge < -0.3 is 0 Å². The van der Waals surface area contributed by atoms with Crippen molar-refractivity contribution in [2.75, 3.05) is 0 Å². The smallest absolute Gasteiger partial charge is 0.223 e. The summed E-state index contributed by atoms with van der Waals surface area (Å²) in [5.74, 6) is 0. The summed E-state index contributed by atoms with van der Waals surface area (Å²) in [6.07, 6.45) is 0. The maximum atomic E-state index is 6.71. The molecule has 0 N–H and O–H groups in total. The Hall–Kier alpha value is -0.420. The van der Waals surface area contributed by atoms with E-state index in [9.17, 15) is 0 Å². The highest BCUT2D eigenvalue weighted by molar-refractivity contribution is 6.41. The number of hydrogen-bond acceptors (Lipinski definition) is 0. The van der Waals surface area contributed by atoms with Crippen molar-refractivity contribution < 1.29 is 0 Å². The molecule has 56 valence electrons. The molecule has 0 aliphatic heterocycles. The highest BCUT2D eigenvalue weighted by Gasteiger charge is 2.05. The van der Waals surface area contributed by atoms with Crippen molar-refractivity contribution in [3.05, 3.63) is 38.6 Å². The van der Waals surface area contributed by atoms with E-state index in [0.717, 1.165) is 0 Å². The number of hydrogen-bond donors (Lipinski definition) is 0. The summed E-state index contributed by atoms with van der Waals surface area (Å²) in [4.78, 5) is 3.14. The summed E-state index contributed by atoms with van der Waals surface area (Å²) in [5.41, 5.74) is 0.248. The number of rotatable bonds is 0. The molecule has 1 aromatic carbocycles. The van der Waals surface area contributed by atoms with Gasteiger partial charge in [-0.05, 0) is 12.1 Å². The van der Waals surface area contributed by atoms with Gasteiger partial charge in [0.1, 0.15) is 0 Å². The second kappa shape index (κ2) is 3.32. The third-order valence-corrected chi connectivity index (χ3v) is 1.89. The van der Waals surface area contributed by atoms with E-state index in [1.54, 1.807) is 0 Å². The van der Waals surface area contributed by atoms with E-state index in [2.05, 4.69) is 4.85 Å². The van der Waals surface area contributed by atoms with Crippen LogP contribution in [0.25, 0.3) is 4.85 Å². The molecular formula is C7H2Cl3N. The summed E-state index contributed by atoms with van der Waals surface area (Å²) in [5, 5.41) is 1.02. The predicted octanol–water partition coefficient (Wildman–Crippen LogP) is 4.20. The maximum Gasteiger partial charge on any atom is 0.223 e. The summed E-state index contributed by atoms with van der Waals surface area (Å²) in [6, 6.07) is 2.98. The molecule has 0 aliphatic rings. The van der Waals surface area contributed by atoms with Crippen LogP contribution in [0, 0.1) is 6.57 Å². The molecule has 0 saturated heterocycles. The van der Waals surface area contributed by atoms with Gasteiger partial charge in [0.2, 0.25) is 5.69 Å². The molecule has 0 unspecified atom stereocenters. The maximum absolute atomic E-state index is 6.71. The fourth-order valence-corrected chi connectivity index (χ4v) is 1.54. The van der Waals surface area contributed by atoms with Crippen LogP contribution < -0.4 is 0 Å². The Kier molecular flexibility index (Phi) is 2.62. The molecule has 0 radical (unpaired) electrons. The van der Waals surface area contributed by atoms with Gasteiger partial charge in [0.05, 0.1) is 6.57 Å². The molecule has 0 saturated carbocycles. The Morgan fingerprint density at radius 3 is 1.91 bits per heavy atom. The molecule has 11 heavy (non-hydrogen) atoms. The Balaban J connectivity index is 3.40. The zero-order chi connectivity index (χ0) is 8.43. The third-order valence-electron chi connectivity index (χ3n) is 1.09. The molecule has 0 spiro atoms. The van der Waals surface area contributed by atoms with Crippen molar-refractivity contribution in [3.63, 3.8) is 0 Å². The van der Waals surface area contributed by atoms with Crippen molar-refractivity contribution in [2.45, 2.75) is 0 Å². The Morgan fingerprint density at radius 1 is 1.09 bits per heavy atom. The van der Waals surface area contributed by atoms with Crippen LogP contribution >= 0.6 is 34.8 Å². The van der Waals surface area contributed by atoms with Crippen LogP contribution in [0.5, 0.6) is 0 Å². The number of halogens is 3. The minimum atomic E-state index is 0.248. The first-order valence-electron chi connectivity index (χ1n) is 2.67. The van der Waals surface area contributed by atoms with Gasteiger partial charge in [0, 0.05) is 15.1 Å². The Labute approximate surface area is 79.3 Å². The van der Waals surface area contributed by atoms with Crippen LogP contribution in [0.4, 0.5) is 5.69 Å². The topological polar surface area (TPSA) is 4.36 Å². The minimum Gasteiger partial charge on any atom is -0.235 e. The van der Waals surface area contributed by atoms with Gasteiger partial charge in [0.15, 0.2) is 0 Å². The summed E-state index contributed by atoms with van der Waals surface area (Å²) >= 11 is 16.9. The van der Waals surface area contributed by atoms with Gasteiger partial charge in [-0.2, -0.15) is 0 Å². The average molecular weight is 206 g/mol. The zero-order valence-electron chi connectivity index (χ0n) is 5.24. The summed E-state index contributed by atoms with van der Waals surface area (Å²) in [6.45, 7) is 6.71. The van der Waals surface area contributed by atoms with Crippen molar-refractivity contribution in [2.24, 2.45) is 0 Å². The fourth-order valence-electron chi connectivity index (χ4n) is 0.641. The molecular weight excluding hydrogens is 204 g/mol. The molecule has 4 heteroatoms. The lowest BCUT2D eigenvalue weighted by Gasteiger charge is -1.97. The fraction of sp³-hybridized carbons (Fsp3) is 0. The SMILES string of the molecule is [C-]#[N+]c1c(Cl)cc(Cl)cc1Cl. The van der Waals surface area contributed by atoms with E-state index in [-0.39, 0.29) is 15.7 Å². The lowest BCUT2D eigenvalue weighted by molar-refractivity contribution is 1.71. The molecule has 1 nitrogen and oxygen atoms in total. The van der Waals surface area contributed by atoms with Crippen LogP contribution in [0.1, 0.15) is 0 Å². The van der Waals surface area contributed by atoms with Gasteiger partial charge in [-0.15, -0.1) is 0 Å². The van der Waals surface area contributed by atoms with Crippen molar-refractivity contribution in [3.8, 4) is 0 Å². The van der Waals surface area contributed by atoms with Crippen molar-refractivity contribution in [1.82, 2.24) is 0 Å². The molecule has 0 amide bonds. The standard InChI is InChI=1S/C7H2Cl3N/c1-11-7-5(9)2-4(8)3-6(7)10/h2-3H. The quantitative estimate of drug-likeness (QED) is 0.561. The van der Waals surface area contributed by atoms with Crippen LogP contribution in [0.3, 0.4) is 0 Å². The second-order valence-corrected chi connectivity index (χ2v) is 3.08. The van der Waals surface area contributed by atoms with Gasteiger partial charge in [-0.1, -0.05) is 34.8 Å². The van der Waals surface area contributed by atoms with E-state index in [1.807, 2.05) is 0 Å². The average Bonchev–Trinajstić information content (AvgIpc) is 1.85. The van der Waals surface area contributed by atoms with E-state index < -0.39 is 0 Å². The third kappa shape index (κ3) is 1.78. The minimum absolute atomic E-state index is 0.248. The van der Waals surface area contributed by atoms with E-state index in [0.29, 0.717) is 5.02 Å². The van der Waals surface area contributed by atoms with Crippen LogP contribution in [0.2, 0.25) is 15.1 Å². The van der Waals surface area contributed by atoms with E-state index in [4.69, 9.17) is 41.4 Å².